The summed E-state index contributed by atoms with van der Waals surface area (Å²) >= 11 is 0. The Hall–Kier alpha value is -3.47. The summed E-state index contributed by atoms with van der Waals surface area (Å²) < 4.78 is 26.6. The molecule has 0 aliphatic carbocycles. The zero-order chi connectivity index (χ0) is 24.5. The van der Waals surface area contributed by atoms with Crippen LogP contribution in [0.2, 0.25) is 0 Å². The van der Waals surface area contributed by atoms with Crippen LogP contribution in [-0.2, 0) is 54.1 Å². The van der Waals surface area contributed by atoms with Crippen LogP contribution in [0.1, 0.15) is 33.3 Å². The van der Waals surface area contributed by atoms with Crippen molar-refractivity contribution in [1.82, 2.24) is 5.32 Å². The number of carbonyl (C=O) groups is 5. The topological polar surface area (TPSA) is 144 Å². The molecule has 0 bridgehead atoms. The zero-order valence-electron chi connectivity index (χ0n) is 18.8. The van der Waals surface area contributed by atoms with Crippen molar-refractivity contribution in [2.24, 2.45) is 0 Å². The van der Waals surface area contributed by atoms with Crippen molar-refractivity contribution in [3.05, 3.63) is 35.9 Å². The fraction of sp³-hybridized carbons (Fsp3) is 0.500. The van der Waals surface area contributed by atoms with Gasteiger partial charge in [0.2, 0.25) is 12.2 Å². The summed E-state index contributed by atoms with van der Waals surface area (Å²) in [5.41, 5.74) is 0.712. The van der Waals surface area contributed by atoms with Gasteiger partial charge in [0.05, 0.1) is 6.42 Å². The molecule has 1 saturated heterocycles. The zero-order valence-corrected chi connectivity index (χ0v) is 18.8. The molecule has 0 spiro atoms. The molecule has 0 aromatic heterocycles. The van der Waals surface area contributed by atoms with Gasteiger partial charge < -0.3 is 29.0 Å². The van der Waals surface area contributed by atoms with Crippen LogP contribution >= 0.6 is 0 Å². The second kappa shape index (κ2) is 12.0. The second-order valence-corrected chi connectivity index (χ2v) is 7.36. The van der Waals surface area contributed by atoms with E-state index in [9.17, 15) is 24.0 Å². The quantitative estimate of drug-likeness (QED) is 0.424. The normalized spacial score (nSPS) is 24.2. The Morgan fingerprint density at radius 3 is 1.94 bits per heavy atom. The van der Waals surface area contributed by atoms with E-state index >= 15 is 0 Å². The lowest BCUT2D eigenvalue weighted by Crippen LogP contribution is -2.67. The number of ether oxygens (including phenoxy) is 5. The smallest absolute Gasteiger partial charge is 0.305 e. The van der Waals surface area contributed by atoms with E-state index in [0.29, 0.717) is 5.56 Å². The maximum absolute atomic E-state index is 12.7. The maximum atomic E-state index is 12.7. The molecule has 33 heavy (non-hydrogen) atoms. The summed E-state index contributed by atoms with van der Waals surface area (Å²) in [4.78, 5) is 59.4. The highest BCUT2D eigenvalue weighted by molar-refractivity contribution is 5.79. The van der Waals surface area contributed by atoms with Crippen molar-refractivity contribution in [2.75, 3.05) is 6.61 Å². The van der Waals surface area contributed by atoms with Crippen molar-refractivity contribution >= 4 is 29.8 Å². The Morgan fingerprint density at radius 1 is 0.818 bits per heavy atom. The van der Waals surface area contributed by atoms with Crippen LogP contribution in [0.25, 0.3) is 0 Å². The first kappa shape index (κ1) is 25.8. The third kappa shape index (κ3) is 8.19. The fourth-order valence-electron chi connectivity index (χ4n) is 3.34. The first-order valence-electron chi connectivity index (χ1n) is 10.2. The van der Waals surface area contributed by atoms with Crippen LogP contribution in [0.3, 0.4) is 0 Å². The van der Waals surface area contributed by atoms with Gasteiger partial charge in [-0.2, -0.15) is 0 Å². The summed E-state index contributed by atoms with van der Waals surface area (Å²) in [6.07, 6.45) is -5.15. The predicted octanol–water partition coefficient (Wildman–Crippen LogP) is 0.428. The SMILES string of the molecule is CC(=O)OC[C@@H]1O[C@H](OC(C)=O)[C@H](NC(=O)Cc2ccccc2)[C@@H](OC(C)=O)[C@@H]1OC(C)=O. The molecule has 1 aliphatic heterocycles. The Labute approximate surface area is 190 Å². The van der Waals surface area contributed by atoms with E-state index in [0.717, 1.165) is 20.8 Å². The van der Waals surface area contributed by atoms with Gasteiger partial charge in [0.15, 0.2) is 12.2 Å². The van der Waals surface area contributed by atoms with Gasteiger partial charge in [-0.3, -0.25) is 24.0 Å². The molecule has 1 N–H and O–H groups in total. The molecule has 2 rings (SSSR count). The van der Waals surface area contributed by atoms with Gasteiger partial charge in [-0.25, -0.2) is 0 Å². The number of nitrogens with one attached hydrogen (secondary N) is 1. The molecule has 1 heterocycles. The third-order valence-corrected chi connectivity index (χ3v) is 4.52. The van der Waals surface area contributed by atoms with Gasteiger partial charge in [-0.15, -0.1) is 0 Å². The Balaban J connectivity index is 2.37. The van der Waals surface area contributed by atoms with Crippen LogP contribution in [0.15, 0.2) is 30.3 Å². The molecular weight excluding hydrogens is 438 g/mol. The minimum atomic E-state index is -1.42. The molecule has 1 aliphatic rings. The minimum Gasteiger partial charge on any atom is -0.463 e. The molecule has 1 aromatic carbocycles. The molecular formula is C22H27NO10. The van der Waals surface area contributed by atoms with Crippen LogP contribution in [-0.4, -0.2) is 67.0 Å². The highest BCUT2D eigenvalue weighted by Crippen LogP contribution is 2.28. The van der Waals surface area contributed by atoms with Gasteiger partial charge >= 0.3 is 23.9 Å². The number of amides is 1. The number of carbonyl (C=O) groups excluding carboxylic acids is 5. The predicted molar refractivity (Wildman–Crippen MR) is 110 cm³/mol. The van der Waals surface area contributed by atoms with E-state index in [1.807, 2.05) is 0 Å². The molecule has 0 radical (unpaired) electrons. The van der Waals surface area contributed by atoms with Crippen LogP contribution in [0.5, 0.6) is 0 Å². The summed E-state index contributed by atoms with van der Waals surface area (Å²) in [7, 11) is 0. The standard InChI is InChI=1S/C22H27NO10/c1-12(24)29-11-17-20(30-13(2)25)21(31-14(3)26)19(22(33-17)32-15(4)27)23-18(28)10-16-8-6-5-7-9-16/h5-9,17,19-22H,10-11H2,1-4H3,(H,23,28)/t17-,19+,20+,21+,22-/m0/s1. The molecule has 11 nitrogen and oxygen atoms in total. The first-order valence-corrected chi connectivity index (χ1v) is 10.2. The summed E-state index contributed by atoms with van der Waals surface area (Å²) in [5, 5.41) is 2.65. The van der Waals surface area contributed by atoms with Crippen LogP contribution in [0, 0.1) is 0 Å². The van der Waals surface area contributed by atoms with E-state index in [4.69, 9.17) is 23.7 Å². The lowest BCUT2D eigenvalue weighted by Gasteiger charge is -2.44. The highest BCUT2D eigenvalue weighted by Gasteiger charge is 2.52. The second-order valence-electron chi connectivity index (χ2n) is 7.36. The Morgan fingerprint density at radius 2 is 1.39 bits per heavy atom. The van der Waals surface area contributed by atoms with Gasteiger partial charge in [-0.05, 0) is 5.56 Å². The molecule has 1 fully saturated rings. The number of esters is 4. The van der Waals surface area contributed by atoms with Crippen molar-refractivity contribution in [2.45, 2.75) is 64.8 Å². The third-order valence-electron chi connectivity index (χ3n) is 4.52. The summed E-state index contributed by atoms with van der Waals surface area (Å²) in [5.74, 6) is -3.32. The van der Waals surface area contributed by atoms with E-state index < -0.39 is 60.4 Å². The van der Waals surface area contributed by atoms with E-state index in [1.165, 1.54) is 6.92 Å². The average Bonchev–Trinajstić information content (AvgIpc) is 2.70. The van der Waals surface area contributed by atoms with Gasteiger partial charge in [0.25, 0.3) is 0 Å². The summed E-state index contributed by atoms with van der Waals surface area (Å²) in [6, 6.07) is 7.63. The molecule has 1 amide bonds. The molecule has 180 valence electrons. The summed E-state index contributed by atoms with van der Waals surface area (Å²) in [6.45, 7) is 4.18. The Bertz CT molecular complexity index is 871. The van der Waals surface area contributed by atoms with E-state index in [-0.39, 0.29) is 13.0 Å². The van der Waals surface area contributed by atoms with Gasteiger partial charge in [-0.1, -0.05) is 30.3 Å². The molecule has 1 aromatic rings. The minimum absolute atomic E-state index is 0.0218. The average molecular weight is 465 g/mol. The number of hydrogen-bond donors (Lipinski definition) is 1. The fourth-order valence-corrected chi connectivity index (χ4v) is 3.34. The van der Waals surface area contributed by atoms with Crippen molar-refractivity contribution in [1.29, 1.82) is 0 Å². The van der Waals surface area contributed by atoms with Crippen LogP contribution < -0.4 is 5.32 Å². The largest absolute Gasteiger partial charge is 0.463 e. The lowest BCUT2D eigenvalue weighted by molar-refractivity contribution is -0.271. The number of hydrogen-bond acceptors (Lipinski definition) is 10. The molecule has 0 saturated carbocycles. The molecule has 11 heteroatoms. The highest BCUT2D eigenvalue weighted by atomic mass is 16.7. The maximum Gasteiger partial charge on any atom is 0.305 e. The van der Waals surface area contributed by atoms with E-state index in [2.05, 4.69) is 5.32 Å². The van der Waals surface area contributed by atoms with E-state index in [1.54, 1.807) is 30.3 Å². The van der Waals surface area contributed by atoms with Crippen molar-refractivity contribution in [3.8, 4) is 0 Å². The first-order chi connectivity index (χ1) is 15.6. The van der Waals surface area contributed by atoms with Crippen molar-refractivity contribution in [3.63, 3.8) is 0 Å². The number of rotatable bonds is 8. The molecule has 0 unspecified atom stereocenters. The molecule has 5 atom stereocenters. The van der Waals surface area contributed by atoms with Crippen molar-refractivity contribution < 1.29 is 47.7 Å². The monoisotopic (exact) mass is 465 g/mol. The number of benzene rings is 1. The van der Waals surface area contributed by atoms with Crippen LogP contribution in [0.4, 0.5) is 0 Å². The van der Waals surface area contributed by atoms with Gasteiger partial charge in [0, 0.05) is 27.7 Å². The van der Waals surface area contributed by atoms with Gasteiger partial charge in [0.1, 0.15) is 18.8 Å². The lowest BCUT2D eigenvalue weighted by atomic mass is 9.95. The Kier molecular flexibility index (Phi) is 9.34.